The number of carbonyl (C=O) groups is 1. The van der Waals surface area contributed by atoms with E-state index in [1.165, 1.54) is 0 Å². The smallest absolute Gasteiger partial charge is 0.255 e. The lowest BCUT2D eigenvalue weighted by atomic mass is 10.1. The molecule has 0 radical (unpaired) electrons. The van der Waals surface area contributed by atoms with Crippen LogP contribution in [0.15, 0.2) is 47.8 Å². The van der Waals surface area contributed by atoms with Crippen LogP contribution in [0.1, 0.15) is 15.4 Å². The summed E-state index contributed by atoms with van der Waals surface area (Å²) in [5.41, 5.74) is 2.51. The van der Waals surface area contributed by atoms with Gasteiger partial charge < -0.3 is 9.64 Å². The van der Waals surface area contributed by atoms with Crippen LogP contribution in [0.2, 0.25) is 10.0 Å². The van der Waals surface area contributed by atoms with Crippen LogP contribution in [0.25, 0.3) is 11.3 Å². The lowest BCUT2D eigenvalue weighted by Crippen LogP contribution is -2.48. The molecule has 0 atom stereocenters. The molecule has 156 valence electrons. The number of hydrogen-bond donors (Lipinski definition) is 0. The normalized spacial score (nSPS) is 14.7. The van der Waals surface area contributed by atoms with Crippen LogP contribution in [-0.2, 0) is 6.54 Å². The van der Waals surface area contributed by atoms with Crippen LogP contribution in [0.3, 0.4) is 0 Å². The number of rotatable bonds is 5. The number of ether oxygens (including phenoxy) is 1. The highest BCUT2D eigenvalue weighted by Crippen LogP contribution is 2.26. The van der Waals surface area contributed by atoms with Gasteiger partial charge in [0, 0.05) is 42.1 Å². The van der Waals surface area contributed by atoms with Gasteiger partial charge in [-0.3, -0.25) is 9.69 Å². The van der Waals surface area contributed by atoms with Crippen molar-refractivity contribution >= 4 is 40.4 Å². The van der Waals surface area contributed by atoms with E-state index in [0.29, 0.717) is 28.7 Å². The molecular formula is C22H21Cl2N3O2S. The monoisotopic (exact) mass is 461 g/mol. The van der Waals surface area contributed by atoms with E-state index < -0.39 is 0 Å². The van der Waals surface area contributed by atoms with Gasteiger partial charge >= 0.3 is 0 Å². The van der Waals surface area contributed by atoms with E-state index >= 15 is 0 Å². The lowest BCUT2D eigenvalue weighted by molar-refractivity contribution is 0.0628. The first kappa shape index (κ1) is 21.1. The number of amides is 1. The van der Waals surface area contributed by atoms with Gasteiger partial charge in [-0.25, -0.2) is 4.98 Å². The van der Waals surface area contributed by atoms with Gasteiger partial charge in [-0.05, 0) is 42.5 Å². The van der Waals surface area contributed by atoms with Crippen molar-refractivity contribution in [3.63, 3.8) is 0 Å². The fourth-order valence-electron chi connectivity index (χ4n) is 3.41. The lowest BCUT2D eigenvalue weighted by Gasteiger charge is -2.34. The molecule has 4 rings (SSSR count). The SMILES string of the molecule is COc1ccc(-c2csc(CN3CCN(C(=O)c4cc(Cl)ccc4Cl)CC3)n2)cc1. The van der Waals surface area contributed by atoms with E-state index in [2.05, 4.69) is 10.3 Å². The van der Waals surface area contributed by atoms with Crippen LogP contribution in [-0.4, -0.2) is 54.0 Å². The minimum atomic E-state index is -0.0711. The highest BCUT2D eigenvalue weighted by atomic mass is 35.5. The van der Waals surface area contributed by atoms with Crippen LogP contribution < -0.4 is 4.74 Å². The van der Waals surface area contributed by atoms with Crippen molar-refractivity contribution in [1.29, 1.82) is 0 Å². The number of hydrogen-bond acceptors (Lipinski definition) is 5. The molecule has 2 heterocycles. The molecule has 5 nitrogen and oxygen atoms in total. The maximum Gasteiger partial charge on any atom is 0.255 e. The molecule has 0 saturated carbocycles. The molecule has 0 unspecified atom stereocenters. The zero-order valence-electron chi connectivity index (χ0n) is 16.5. The number of methoxy groups -OCH3 is 1. The highest BCUT2D eigenvalue weighted by molar-refractivity contribution is 7.09. The Morgan fingerprint density at radius 2 is 1.83 bits per heavy atom. The number of piperazine rings is 1. The molecule has 0 N–H and O–H groups in total. The Labute approximate surface area is 189 Å². The third kappa shape index (κ3) is 4.78. The Balaban J connectivity index is 1.34. The van der Waals surface area contributed by atoms with E-state index in [1.54, 1.807) is 36.6 Å². The van der Waals surface area contributed by atoms with E-state index in [1.807, 2.05) is 29.2 Å². The molecule has 0 spiro atoms. The van der Waals surface area contributed by atoms with Crippen molar-refractivity contribution in [2.75, 3.05) is 33.3 Å². The molecule has 1 amide bonds. The molecule has 2 aromatic carbocycles. The Hall–Kier alpha value is -2.12. The van der Waals surface area contributed by atoms with Gasteiger partial charge in [0.15, 0.2) is 0 Å². The molecule has 1 saturated heterocycles. The van der Waals surface area contributed by atoms with Crippen LogP contribution in [0.5, 0.6) is 5.75 Å². The average Bonchev–Trinajstić information content (AvgIpc) is 3.24. The summed E-state index contributed by atoms with van der Waals surface area (Å²) < 4.78 is 5.21. The fraction of sp³-hybridized carbons (Fsp3) is 0.273. The van der Waals surface area contributed by atoms with E-state index in [0.717, 1.165) is 41.6 Å². The third-order valence-corrected chi connectivity index (χ3v) is 6.51. The zero-order valence-corrected chi connectivity index (χ0v) is 18.8. The number of halogens is 2. The van der Waals surface area contributed by atoms with Crippen molar-refractivity contribution < 1.29 is 9.53 Å². The average molecular weight is 462 g/mol. The van der Waals surface area contributed by atoms with Gasteiger partial charge in [-0.1, -0.05) is 23.2 Å². The Bertz CT molecular complexity index is 1030. The minimum absolute atomic E-state index is 0.0711. The summed E-state index contributed by atoms with van der Waals surface area (Å²) in [6.07, 6.45) is 0. The molecule has 1 fully saturated rings. The fourth-order valence-corrected chi connectivity index (χ4v) is 4.63. The Morgan fingerprint density at radius 3 is 2.53 bits per heavy atom. The van der Waals surface area contributed by atoms with Gasteiger partial charge in [0.1, 0.15) is 10.8 Å². The summed E-state index contributed by atoms with van der Waals surface area (Å²) >= 11 is 13.9. The zero-order chi connectivity index (χ0) is 21.1. The molecule has 1 aliphatic heterocycles. The quantitative estimate of drug-likeness (QED) is 0.531. The van der Waals surface area contributed by atoms with Crippen LogP contribution >= 0.6 is 34.5 Å². The largest absolute Gasteiger partial charge is 0.497 e. The van der Waals surface area contributed by atoms with Crippen LogP contribution in [0.4, 0.5) is 0 Å². The molecular weight excluding hydrogens is 441 g/mol. The first-order valence-corrected chi connectivity index (χ1v) is 11.2. The summed E-state index contributed by atoms with van der Waals surface area (Å²) in [6, 6.07) is 12.9. The summed E-state index contributed by atoms with van der Waals surface area (Å²) in [5, 5.41) is 4.09. The Morgan fingerprint density at radius 1 is 1.10 bits per heavy atom. The van der Waals surface area contributed by atoms with Crippen molar-refractivity contribution in [3.8, 4) is 17.0 Å². The van der Waals surface area contributed by atoms with Crippen molar-refractivity contribution in [2.24, 2.45) is 0 Å². The highest BCUT2D eigenvalue weighted by Gasteiger charge is 2.24. The maximum atomic E-state index is 12.8. The summed E-state index contributed by atoms with van der Waals surface area (Å²) in [5.74, 6) is 0.763. The van der Waals surface area contributed by atoms with E-state index in [-0.39, 0.29) is 5.91 Å². The van der Waals surface area contributed by atoms with Gasteiger partial charge in [0.25, 0.3) is 5.91 Å². The molecule has 3 aromatic rings. The van der Waals surface area contributed by atoms with Gasteiger partial charge in [-0.2, -0.15) is 0 Å². The molecule has 0 bridgehead atoms. The van der Waals surface area contributed by atoms with E-state index in [4.69, 9.17) is 32.9 Å². The second kappa shape index (κ2) is 9.35. The van der Waals surface area contributed by atoms with Gasteiger partial charge in [0.05, 0.1) is 29.9 Å². The maximum absolute atomic E-state index is 12.8. The molecule has 0 aliphatic carbocycles. The van der Waals surface area contributed by atoms with Crippen molar-refractivity contribution in [2.45, 2.75) is 6.54 Å². The number of thiazole rings is 1. The predicted molar refractivity (Wildman–Crippen MR) is 122 cm³/mol. The summed E-state index contributed by atoms with van der Waals surface area (Å²) in [7, 11) is 1.66. The second-order valence-corrected chi connectivity index (χ2v) is 8.83. The topological polar surface area (TPSA) is 45.7 Å². The molecule has 8 heteroatoms. The number of carbonyl (C=O) groups excluding carboxylic acids is 1. The van der Waals surface area contributed by atoms with E-state index in [9.17, 15) is 4.79 Å². The molecule has 1 aliphatic rings. The first-order valence-electron chi connectivity index (χ1n) is 9.59. The second-order valence-electron chi connectivity index (χ2n) is 7.05. The van der Waals surface area contributed by atoms with Crippen LogP contribution in [0, 0.1) is 0 Å². The third-order valence-electron chi connectivity index (χ3n) is 5.11. The summed E-state index contributed by atoms with van der Waals surface area (Å²) in [6.45, 7) is 3.67. The summed E-state index contributed by atoms with van der Waals surface area (Å²) in [4.78, 5) is 21.7. The Kier molecular flexibility index (Phi) is 6.58. The molecule has 1 aromatic heterocycles. The number of aromatic nitrogens is 1. The van der Waals surface area contributed by atoms with Gasteiger partial charge in [0.2, 0.25) is 0 Å². The molecule has 30 heavy (non-hydrogen) atoms. The van der Waals surface area contributed by atoms with Crippen molar-refractivity contribution in [3.05, 3.63) is 68.5 Å². The first-order chi connectivity index (χ1) is 14.5. The number of benzene rings is 2. The van der Waals surface area contributed by atoms with Crippen molar-refractivity contribution in [1.82, 2.24) is 14.8 Å². The predicted octanol–water partition coefficient (Wildman–Crippen LogP) is 5.08. The minimum Gasteiger partial charge on any atom is -0.497 e. The standard InChI is InChI=1S/C22H21Cl2N3O2S/c1-29-17-5-2-15(3-6-17)20-14-30-21(25-20)13-26-8-10-27(11-9-26)22(28)18-12-16(23)4-7-19(18)24/h2-7,12,14H,8-11,13H2,1H3. The van der Waals surface area contributed by atoms with Gasteiger partial charge in [-0.15, -0.1) is 11.3 Å². The number of nitrogens with zero attached hydrogens (tertiary/aromatic N) is 3.